The Balaban J connectivity index is 1.66. The fraction of sp³-hybridized carbons (Fsp3) is 0.114. The number of hydrogen-bond donors (Lipinski definition) is 0. The molecule has 0 aliphatic rings. The molecule has 0 N–H and O–H groups in total. The number of carbonyl (C=O) groups is 1. The monoisotopic (exact) mass is 499 g/mol. The van der Waals surface area contributed by atoms with E-state index < -0.39 is 7.26 Å². The zero-order valence-corrected chi connectivity index (χ0v) is 22.6. The van der Waals surface area contributed by atoms with Crippen molar-refractivity contribution >= 4 is 29.0 Å². The summed E-state index contributed by atoms with van der Waals surface area (Å²) in [5.74, 6) is 0.0595. The van der Waals surface area contributed by atoms with E-state index in [-0.39, 0.29) is 5.78 Å². The maximum absolute atomic E-state index is 13.0. The van der Waals surface area contributed by atoms with Crippen molar-refractivity contribution in [1.82, 2.24) is 0 Å². The van der Waals surface area contributed by atoms with Gasteiger partial charge in [-0.1, -0.05) is 91.0 Å². The van der Waals surface area contributed by atoms with Crippen molar-refractivity contribution in [3.8, 4) is 0 Å². The van der Waals surface area contributed by atoms with Crippen LogP contribution in [0.5, 0.6) is 0 Å². The smallest absolute Gasteiger partial charge is 0.193 e. The first-order valence-electron chi connectivity index (χ1n) is 12.7. The predicted octanol–water partition coefficient (Wildman–Crippen LogP) is 7.34. The second kappa shape index (κ2) is 10.7. The Hall–Kier alpha value is -3.80. The van der Waals surface area contributed by atoms with Crippen LogP contribution in [-0.4, -0.2) is 5.78 Å². The van der Waals surface area contributed by atoms with E-state index in [1.807, 2.05) is 42.5 Å². The maximum Gasteiger partial charge on any atom is 0.193 e. The third kappa shape index (κ3) is 5.19. The van der Waals surface area contributed by atoms with E-state index in [0.29, 0.717) is 0 Å². The molecule has 0 saturated carbocycles. The van der Waals surface area contributed by atoms with Crippen molar-refractivity contribution < 1.29 is 4.79 Å². The van der Waals surface area contributed by atoms with Crippen molar-refractivity contribution in [1.29, 1.82) is 0 Å². The van der Waals surface area contributed by atoms with Gasteiger partial charge in [-0.3, -0.25) is 4.79 Å². The van der Waals surface area contributed by atoms with Crippen molar-refractivity contribution in [3.63, 3.8) is 0 Å². The third-order valence-corrected chi connectivity index (χ3v) is 11.3. The molecule has 5 rings (SSSR count). The molecule has 5 aromatic carbocycles. The van der Waals surface area contributed by atoms with Gasteiger partial charge in [-0.05, 0) is 79.4 Å². The molecule has 0 spiro atoms. The molecule has 5 aromatic rings. The van der Waals surface area contributed by atoms with Gasteiger partial charge in [-0.25, -0.2) is 0 Å². The average molecular weight is 500 g/mol. The number of rotatable bonds is 7. The Labute approximate surface area is 221 Å². The van der Waals surface area contributed by atoms with E-state index in [1.165, 1.54) is 38.2 Å². The molecule has 0 aliphatic carbocycles. The molecular weight excluding hydrogens is 467 g/mol. The number of carbonyl (C=O) groups excluding carboxylic acids is 1. The van der Waals surface area contributed by atoms with E-state index >= 15 is 0 Å². The minimum absolute atomic E-state index is 0.0595. The molecule has 0 unspecified atom stereocenters. The largest absolute Gasteiger partial charge is 0.289 e. The lowest BCUT2D eigenvalue weighted by Crippen LogP contribution is -2.33. The lowest BCUT2D eigenvalue weighted by Gasteiger charge is -2.28. The molecule has 37 heavy (non-hydrogen) atoms. The summed E-state index contributed by atoms with van der Waals surface area (Å²) in [6, 6.07) is 44.9. The van der Waals surface area contributed by atoms with Gasteiger partial charge in [0.25, 0.3) is 0 Å². The molecule has 0 atom stereocenters. The van der Waals surface area contributed by atoms with Gasteiger partial charge < -0.3 is 0 Å². The first-order valence-corrected chi connectivity index (χ1v) is 14.7. The fourth-order valence-corrected chi connectivity index (χ4v) is 9.60. The molecule has 2 heteroatoms. The van der Waals surface area contributed by atoms with Gasteiger partial charge in [-0.2, -0.15) is 0 Å². The molecule has 1 nitrogen and oxygen atoms in total. The topological polar surface area (TPSA) is 17.1 Å². The van der Waals surface area contributed by atoms with Gasteiger partial charge in [0, 0.05) is 11.1 Å². The van der Waals surface area contributed by atoms with E-state index in [0.717, 1.165) is 17.3 Å². The molecule has 182 valence electrons. The minimum atomic E-state index is -2.04. The highest BCUT2D eigenvalue weighted by Crippen LogP contribution is 2.58. The SMILES string of the molecule is Cc1cccc([P+](Cc2ccc(C(=O)c3ccccc3)cc2)(c2cccc(C)c2)c2cccc(C)c2)c1. The second-order valence-corrected chi connectivity index (χ2v) is 13.4. The molecule has 0 radical (unpaired) electrons. The van der Waals surface area contributed by atoms with Crippen LogP contribution in [0, 0.1) is 20.8 Å². The van der Waals surface area contributed by atoms with Crippen molar-refractivity contribution in [2.45, 2.75) is 26.9 Å². The molecule has 0 fully saturated rings. The molecule has 0 heterocycles. The van der Waals surface area contributed by atoms with Crippen LogP contribution in [0.3, 0.4) is 0 Å². The summed E-state index contributed by atoms with van der Waals surface area (Å²) in [4.78, 5) is 13.0. The Bertz CT molecular complexity index is 1420. The first kappa shape index (κ1) is 24.9. The normalized spacial score (nSPS) is 11.3. The van der Waals surface area contributed by atoms with Crippen LogP contribution in [0.15, 0.2) is 127 Å². The van der Waals surface area contributed by atoms with Crippen LogP contribution in [0.1, 0.15) is 38.2 Å². The van der Waals surface area contributed by atoms with Crippen LogP contribution < -0.4 is 15.9 Å². The van der Waals surface area contributed by atoms with Crippen LogP contribution in [0.2, 0.25) is 0 Å². The lowest BCUT2D eigenvalue weighted by atomic mass is 10.0. The predicted molar refractivity (Wildman–Crippen MR) is 159 cm³/mol. The van der Waals surface area contributed by atoms with E-state index in [4.69, 9.17) is 0 Å². The number of hydrogen-bond acceptors (Lipinski definition) is 1. The van der Waals surface area contributed by atoms with Gasteiger partial charge in [0.15, 0.2) is 5.78 Å². The van der Waals surface area contributed by atoms with Gasteiger partial charge in [0.1, 0.15) is 23.2 Å². The first-order chi connectivity index (χ1) is 18.0. The Morgan fingerprint density at radius 3 is 1.38 bits per heavy atom. The second-order valence-electron chi connectivity index (χ2n) is 9.88. The summed E-state index contributed by atoms with van der Waals surface area (Å²) in [5.41, 5.74) is 6.49. The Kier molecular flexibility index (Phi) is 7.17. The van der Waals surface area contributed by atoms with Crippen LogP contribution in [0.4, 0.5) is 0 Å². The van der Waals surface area contributed by atoms with Crippen molar-refractivity contribution in [3.05, 3.63) is 161 Å². The highest BCUT2D eigenvalue weighted by molar-refractivity contribution is 7.95. The summed E-state index contributed by atoms with van der Waals surface area (Å²) in [7, 11) is -2.04. The molecule has 0 amide bonds. The zero-order valence-electron chi connectivity index (χ0n) is 21.7. The summed E-state index contributed by atoms with van der Waals surface area (Å²) in [6.07, 6.45) is 0.892. The molecule has 0 aromatic heterocycles. The van der Waals surface area contributed by atoms with Crippen molar-refractivity contribution in [2.24, 2.45) is 0 Å². The van der Waals surface area contributed by atoms with Gasteiger partial charge >= 0.3 is 0 Å². The molecule has 0 saturated heterocycles. The van der Waals surface area contributed by atoms with Crippen molar-refractivity contribution in [2.75, 3.05) is 0 Å². The third-order valence-electron chi connectivity index (χ3n) is 7.00. The summed E-state index contributed by atoms with van der Waals surface area (Å²) < 4.78 is 0. The Morgan fingerprint density at radius 1 is 0.514 bits per heavy atom. The summed E-state index contributed by atoms with van der Waals surface area (Å²) >= 11 is 0. The molecular formula is C35H32OP+. The maximum atomic E-state index is 13.0. The van der Waals surface area contributed by atoms with Gasteiger partial charge in [-0.15, -0.1) is 0 Å². The highest BCUT2D eigenvalue weighted by atomic mass is 31.2. The zero-order chi connectivity index (χ0) is 25.8. The average Bonchev–Trinajstić information content (AvgIpc) is 2.92. The summed E-state index contributed by atoms with van der Waals surface area (Å²) in [6.45, 7) is 6.53. The van der Waals surface area contributed by atoms with E-state index in [2.05, 4.69) is 106 Å². The van der Waals surface area contributed by atoms with E-state index in [9.17, 15) is 4.79 Å². The number of ketones is 1. The van der Waals surface area contributed by atoms with Gasteiger partial charge in [0.05, 0.1) is 6.16 Å². The highest BCUT2D eigenvalue weighted by Gasteiger charge is 2.45. The van der Waals surface area contributed by atoms with Gasteiger partial charge in [0.2, 0.25) is 0 Å². The fourth-order valence-electron chi connectivity index (χ4n) is 5.11. The van der Waals surface area contributed by atoms with Crippen LogP contribution >= 0.6 is 7.26 Å². The minimum Gasteiger partial charge on any atom is -0.289 e. The standard InChI is InChI=1S/C35H32OP/c1-26-10-7-15-32(22-26)37(33-16-8-11-27(2)23-33,34-17-9-12-28(3)24-34)25-29-18-20-31(21-19-29)35(36)30-13-5-4-6-14-30/h4-24H,25H2,1-3H3/q+1. The summed E-state index contributed by atoms with van der Waals surface area (Å²) in [5, 5.41) is 4.15. The quantitative estimate of drug-likeness (QED) is 0.169. The molecule has 0 aliphatic heterocycles. The molecule has 0 bridgehead atoms. The Morgan fingerprint density at radius 2 is 0.946 bits per heavy atom. The lowest BCUT2D eigenvalue weighted by molar-refractivity contribution is 0.103. The van der Waals surface area contributed by atoms with Crippen LogP contribution in [-0.2, 0) is 6.16 Å². The van der Waals surface area contributed by atoms with Crippen LogP contribution in [0.25, 0.3) is 0 Å². The van der Waals surface area contributed by atoms with E-state index in [1.54, 1.807) is 0 Å². The number of benzene rings is 5. The number of aryl methyl sites for hydroxylation is 3.